The zero-order chi connectivity index (χ0) is 16.7. The molecule has 1 N–H and O–H groups in total. The number of para-hydroxylation sites is 3. The van der Waals surface area contributed by atoms with Crippen LogP contribution in [-0.2, 0) is 11.3 Å². The van der Waals surface area contributed by atoms with E-state index in [4.69, 9.17) is 9.72 Å². The first-order chi connectivity index (χ1) is 11.5. The van der Waals surface area contributed by atoms with Crippen LogP contribution in [0.5, 0.6) is 0 Å². The summed E-state index contributed by atoms with van der Waals surface area (Å²) >= 11 is 3.60. The summed E-state index contributed by atoms with van der Waals surface area (Å²) in [4.78, 5) is 4.85. The minimum Gasteiger partial charge on any atom is -0.353 e. The number of aryl methyl sites for hydroxylation is 1. The molecule has 0 unspecified atom stereocenters. The molecule has 5 heteroatoms. The minimum atomic E-state index is -0.298. The topological polar surface area (TPSA) is 39.1 Å². The van der Waals surface area contributed by atoms with E-state index < -0.39 is 0 Å². The Labute approximate surface area is 150 Å². The number of fused-ring (bicyclic) bond motifs is 3. The van der Waals surface area contributed by atoms with E-state index in [1.165, 1.54) is 0 Å². The molecule has 4 nitrogen and oxygen atoms in total. The number of nitrogens with one attached hydrogen (secondary N) is 1. The van der Waals surface area contributed by atoms with Gasteiger partial charge in [-0.2, -0.15) is 0 Å². The number of halogens is 1. The summed E-state index contributed by atoms with van der Waals surface area (Å²) in [6, 6.07) is 16.3. The average molecular weight is 386 g/mol. The summed E-state index contributed by atoms with van der Waals surface area (Å²) in [5, 5.41) is 3.51. The van der Waals surface area contributed by atoms with Gasteiger partial charge in [-0.05, 0) is 60.5 Å². The monoisotopic (exact) mass is 385 g/mol. The predicted octanol–water partition coefficient (Wildman–Crippen LogP) is 5.11. The number of rotatable bonds is 2. The Morgan fingerprint density at radius 1 is 1.17 bits per heavy atom. The van der Waals surface area contributed by atoms with Crippen LogP contribution in [0.25, 0.3) is 11.0 Å². The average Bonchev–Trinajstić information content (AvgIpc) is 2.87. The Balaban J connectivity index is 1.81. The summed E-state index contributed by atoms with van der Waals surface area (Å²) in [5.74, 6) is 0.928. The number of benzene rings is 2. The van der Waals surface area contributed by atoms with E-state index in [0.717, 1.165) is 40.0 Å². The van der Waals surface area contributed by atoms with Gasteiger partial charge in [0.15, 0.2) is 12.1 Å². The lowest BCUT2D eigenvalue weighted by molar-refractivity contribution is -0.0620. The zero-order valence-corrected chi connectivity index (χ0v) is 15.4. The van der Waals surface area contributed by atoms with Crippen molar-refractivity contribution in [2.45, 2.75) is 38.6 Å². The smallest absolute Gasteiger partial charge is 0.187 e. The molecule has 0 spiro atoms. The summed E-state index contributed by atoms with van der Waals surface area (Å²) in [7, 11) is 0. The van der Waals surface area contributed by atoms with Crippen LogP contribution in [0.4, 0.5) is 5.69 Å². The Bertz CT molecular complexity index is 887. The number of imidazole rings is 1. The summed E-state index contributed by atoms with van der Waals surface area (Å²) < 4.78 is 9.69. The van der Waals surface area contributed by atoms with E-state index >= 15 is 0 Å². The van der Waals surface area contributed by atoms with Gasteiger partial charge >= 0.3 is 0 Å². The third-order valence-electron chi connectivity index (χ3n) is 4.45. The van der Waals surface area contributed by atoms with Crippen molar-refractivity contribution in [2.75, 3.05) is 5.32 Å². The summed E-state index contributed by atoms with van der Waals surface area (Å²) in [6.07, 6.45) is 0.641. The molecular weight excluding hydrogens is 366 g/mol. The Morgan fingerprint density at radius 2 is 1.92 bits per heavy atom. The third-order valence-corrected chi connectivity index (χ3v) is 5.14. The van der Waals surface area contributed by atoms with Crippen LogP contribution in [0.15, 0.2) is 53.0 Å². The second-order valence-corrected chi connectivity index (χ2v) is 7.60. The van der Waals surface area contributed by atoms with Crippen molar-refractivity contribution in [1.82, 2.24) is 9.55 Å². The maximum atomic E-state index is 6.40. The lowest BCUT2D eigenvalue weighted by atomic mass is 10.1. The highest BCUT2D eigenvalue weighted by molar-refractivity contribution is 9.10. The largest absolute Gasteiger partial charge is 0.353 e. The lowest BCUT2D eigenvalue weighted by Gasteiger charge is -2.28. The maximum Gasteiger partial charge on any atom is 0.187 e. The van der Waals surface area contributed by atoms with Crippen molar-refractivity contribution in [2.24, 2.45) is 0 Å². The molecule has 1 aromatic heterocycles. The second-order valence-electron chi connectivity index (χ2n) is 6.74. The van der Waals surface area contributed by atoms with Gasteiger partial charge < -0.3 is 14.6 Å². The van der Waals surface area contributed by atoms with Crippen molar-refractivity contribution >= 4 is 32.7 Å². The van der Waals surface area contributed by atoms with Crippen molar-refractivity contribution < 1.29 is 4.74 Å². The molecule has 24 heavy (non-hydrogen) atoms. The first-order valence-electron chi connectivity index (χ1n) is 8.18. The highest BCUT2D eigenvalue weighted by Crippen LogP contribution is 2.35. The molecule has 0 bridgehead atoms. The third kappa shape index (κ3) is 2.82. The number of nitrogens with zero attached hydrogens (tertiary/aromatic N) is 2. The van der Waals surface area contributed by atoms with E-state index in [-0.39, 0.29) is 11.8 Å². The number of hydrogen-bond acceptors (Lipinski definition) is 3. The molecule has 0 aliphatic carbocycles. The van der Waals surface area contributed by atoms with Gasteiger partial charge in [0.1, 0.15) is 0 Å². The van der Waals surface area contributed by atoms with E-state index in [1.807, 2.05) is 30.3 Å². The van der Waals surface area contributed by atoms with Crippen LogP contribution in [0.3, 0.4) is 0 Å². The fraction of sp³-hybridized carbons (Fsp3) is 0.316. The van der Waals surface area contributed by atoms with Gasteiger partial charge in [-0.15, -0.1) is 0 Å². The van der Waals surface area contributed by atoms with Gasteiger partial charge in [-0.3, -0.25) is 0 Å². The van der Waals surface area contributed by atoms with Gasteiger partial charge in [0.2, 0.25) is 0 Å². The van der Waals surface area contributed by atoms with Crippen LogP contribution >= 0.6 is 15.9 Å². The van der Waals surface area contributed by atoms with Crippen LogP contribution in [-0.4, -0.2) is 15.2 Å². The van der Waals surface area contributed by atoms with Gasteiger partial charge in [0, 0.05) is 11.0 Å². The van der Waals surface area contributed by atoms with E-state index in [0.29, 0.717) is 0 Å². The van der Waals surface area contributed by atoms with E-state index in [2.05, 4.69) is 57.9 Å². The van der Waals surface area contributed by atoms with Crippen LogP contribution in [0.1, 0.15) is 32.3 Å². The maximum absolute atomic E-state index is 6.40. The molecule has 2 aromatic carbocycles. The molecule has 1 atom stereocenters. The van der Waals surface area contributed by atoms with Crippen molar-refractivity contribution in [3.8, 4) is 0 Å². The van der Waals surface area contributed by atoms with Crippen molar-refractivity contribution in [3.63, 3.8) is 0 Å². The zero-order valence-electron chi connectivity index (χ0n) is 13.8. The normalized spacial score (nSPS) is 19.7. The first kappa shape index (κ1) is 15.7. The molecule has 0 radical (unpaired) electrons. The van der Waals surface area contributed by atoms with Gasteiger partial charge in [-0.25, -0.2) is 4.98 Å². The van der Waals surface area contributed by atoms with Gasteiger partial charge in [0.05, 0.1) is 22.3 Å². The second kappa shape index (κ2) is 5.90. The number of anilines is 1. The predicted molar refractivity (Wildman–Crippen MR) is 100 cm³/mol. The standard InChI is InChI=1S/C19H20BrN3O/c1-19(2)11-12-23-16-10-6-5-9-15(16)21-17(23)18(24-19)22-14-8-4-3-7-13(14)20/h3-10,18,22H,11-12H2,1-2H3/t18-/m0/s1. The van der Waals surface area contributed by atoms with Crippen LogP contribution in [0, 0.1) is 0 Å². The number of aromatic nitrogens is 2. The lowest BCUT2D eigenvalue weighted by Crippen LogP contribution is -2.28. The SMILES string of the molecule is CC1(C)CCn2c(nc3ccccc32)[C@@H](Nc2ccccc2Br)O1. The Kier molecular flexibility index (Phi) is 3.85. The molecule has 0 fully saturated rings. The van der Waals surface area contributed by atoms with Crippen LogP contribution in [0.2, 0.25) is 0 Å². The minimum absolute atomic E-state index is 0.222. The number of ether oxygens (including phenoxy) is 1. The highest BCUT2D eigenvalue weighted by Gasteiger charge is 2.32. The fourth-order valence-corrected chi connectivity index (χ4v) is 3.55. The molecule has 0 amide bonds. The summed E-state index contributed by atoms with van der Waals surface area (Å²) in [5.41, 5.74) is 2.95. The molecular formula is C19H20BrN3O. The van der Waals surface area contributed by atoms with Gasteiger partial charge in [0.25, 0.3) is 0 Å². The van der Waals surface area contributed by atoms with E-state index in [1.54, 1.807) is 0 Å². The van der Waals surface area contributed by atoms with Crippen molar-refractivity contribution in [3.05, 3.63) is 58.8 Å². The molecule has 1 aliphatic rings. The Morgan fingerprint density at radius 3 is 2.75 bits per heavy atom. The van der Waals surface area contributed by atoms with Crippen LogP contribution < -0.4 is 5.32 Å². The number of hydrogen-bond donors (Lipinski definition) is 1. The summed E-state index contributed by atoms with van der Waals surface area (Å²) in [6.45, 7) is 5.17. The van der Waals surface area contributed by atoms with E-state index in [9.17, 15) is 0 Å². The van der Waals surface area contributed by atoms with Crippen molar-refractivity contribution in [1.29, 1.82) is 0 Å². The molecule has 1 aliphatic heterocycles. The highest BCUT2D eigenvalue weighted by atomic mass is 79.9. The molecule has 0 saturated heterocycles. The quantitative estimate of drug-likeness (QED) is 0.665. The molecule has 3 aromatic rings. The molecule has 4 rings (SSSR count). The molecule has 124 valence electrons. The Hall–Kier alpha value is -1.85. The van der Waals surface area contributed by atoms with Gasteiger partial charge in [-0.1, -0.05) is 24.3 Å². The fourth-order valence-electron chi connectivity index (χ4n) is 3.15. The first-order valence-corrected chi connectivity index (χ1v) is 8.97. The molecule has 2 heterocycles. The molecule has 0 saturated carbocycles.